The molecule has 1 aliphatic rings. The van der Waals surface area contributed by atoms with E-state index in [1.165, 1.54) is 35.5 Å². The molecule has 2 N–H and O–H groups in total. The van der Waals surface area contributed by atoms with Crippen LogP contribution in [0, 0.1) is 0 Å². The van der Waals surface area contributed by atoms with Gasteiger partial charge in [-0.25, -0.2) is 4.98 Å². The highest BCUT2D eigenvalue weighted by atomic mass is 32.1. The lowest BCUT2D eigenvalue weighted by Crippen LogP contribution is -2.29. The summed E-state index contributed by atoms with van der Waals surface area (Å²) in [6, 6.07) is 9.01. The Balaban J connectivity index is 1.61. The molecule has 1 aromatic heterocycles. The molecule has 0 aliphatic carbocycles. The van der Waals surface area contributed by atoms with E-state index >= 15 is 0 Å². The molecule has 0 radical (unpaired) electrons. The Morgan fingerprint density at radius 2 is 2.22 bits per heavy atom. The van der Waals surface area contributed by atoms with Gasteiger partial charge in [0.25, 0.3) is 0 Å². The first-order chi connectivity index (χ1) is 8.92. The van der Waals surface area contributed by atoms with E-state index in [1.54, 1.807) is 11.3 Å². The van der Waals surface area contributed by atoms with Crippen molar-refractivity contribution in [1.29, 1.82) is 0 Å². The lowest BCUT2D eigenvalue weighted by Gasteiger charge is -2.14. The molecule has 0 saturated carbocycles. The van der Waals surface area contributed by atoms with Gasteiger partial charge in [0.15, 0.2) is 0 Å². The van der Waals surface area contributed by atoms with E-state index < -0.39 is 0 Å². The van der Waals surface area contributed by atoms with Crippen LogP contribution in [0.4, 0.5) is 0 Å². The number of thiazole rings is 1. The predicted molar refractivity (Wildman–Crippen MR) is 77.0 cm³/mol. The molecule has 1 fully saturated rings. The Bertz CT molecular complexity index is 467. The monoisotopic (exact) mass is 261 g/mol. The number of hydrogen-bond donors (Lipinski definition) is 2. The molecule has 1 aliphatic heterocycles. The minimum absolute atomic E-state index is 0.645. The number of hydrogen-bond acceptors (Lipinski definition) is 4. The molecular weight excluding hydrogens is 242 g/mol. The topological polar surface area (TPSA) is 37.0 Å². The third-order valence-electron chi connectivity index (χ3n) is 3.46. The maximum Gasteiger partial charge on any atom is 0.108 e. The molecule has 1 unspecified atom stereocenters. The molecule has 4 heteroatoms. The molecule has 2 aromatic rings. The van der Waals surface area contributed by atoms with Crippen LogP contribution in [0.1, 0.15) is 24.3 Å². The molecule has 18 heavy (non-hydrogen) atoms. The summed E-state index contributed by atoms with van der Waals surface area (Å²) in [5.41, 5.74) is 1.13. The van der Waals surface area contributed by atoms with Gasteiger partial charge in [-0.2, -0.15) is 0 Å². The van der Waals surface area contributed by atoms with Crippen LogP contribution >= 0.6 is 11.3 Å². The number of para-hydroxylation sites is 1. The number of fused-ring (bicyclic) bond motifs is 1. The zero-order chi connectivity index (χ0) is 12.2. The molecule has 2 heterocycles. The second-order valence-corrected chi connectivity index (χ2v) is 5.95. The SMILES string of the molecule is c1ccc2sc(CNC3CCCNCC3)nc2c1. The van der Waals surface area contributed by atoms with Crippen LogP contribution in [-0.4, -0.2) is 24.1 Å². The lowest BCUT2D eigenvalue weighted by molar-refractivity contribution is 0.468. The molecule has 1 saturated heterocycles. The van der Waals surface area contributed by atoms with Gasteiger partial charge in [-0.1, -0.05) is 12.1 Å². The highest BCUT2D eigenvalue weighted by molar-refractivity contribution is 7.18. The van der Waals surface area contributed by atoms with Crippen molar-refractivity contribution in [1.82, 2.24) is 15.6 Å². The maximum absolute atomic E-state index is 4.66. The van der Waals surface area contributed by atoms with E-state index in [-0.39, 0.29) is 0 Å². The Morgan fingerprint density at radius 1 is 1.28 bits per heavy atom. The lowest BCUT2D eigenvalue weighted by atomic mass is 10.1. The summed E-state index contributed by atoms with van der Waals surface area (Å²) < 4.78 is 1.29. The van der Waals surface area contributed by atoms with Crippen molar-refractivity contribution in [2.45, 2.75) is 31.8 Å². The Kier molecular flexibility index (Phi) is 3.88. The van der Waals surface area contributed by atoms with Gasteiger partial charge in [-0.15, -0.1) is 11.3 Å². The van der Waals surface area contributed by atoms with Crippen molar-refractivity contribution in [3.8, 4) is 0 Å². The fourth-order valence-electron chi connectivity index (χ4n) is 2.45. The van der Waals surface area contributed by atoms with Crippen LogP contribution in [0.3, 0.4) is 0 Å². The molecule has 0 spiro atoms. The highest BCUT2D eigenvalue weighted by Crippen LogP contribution is 2.21. The number of benzene rings is 1. The average molecular weight is 261 g/mol. The molecule has 3 rings (SSSR count). The van der Waals surface area contributed by atoms with Crippen molar-refractivity contribution >= 4 is 21.6 Å². The fraction of sp³-hybridized carbons (Fsp3) is 0.500. The maximum atomic E-state index is 4.66. The van der Waals surface area contributed by atoms with Gasteiger partial charge in [0.05, 0.1) is 10.2 Å². The van der Waals surface area contributed by atoms with Gasteiger partial charge in [0.2, 0.25) is 0 Å². The summed E-state index contributed by atoms with van der Waals surface area (Å²) >= 11 is 1.80. The van der Waals surface area contributed by atoms with Crippen LogP contribution < -0.4 is 10.6 Å². The van der Waals surface area contributed by atoms with Gasteiger partial charge in [-0.05, 0) is 44.5 Å². The molecule has 96 valence electrons. The number of nitrogens with one attached hydrogen (secondary N) is 2. The molecule has 0 amide bonds. The first kappa shape index (κ1) is 12.1. The Hall–Kier alpha value is -0.970. The van der Waals surface area contributed by atoms with E-state index in [0.717, 1.165) is 18.6 Å². The predicted octanol–water partition coefficient (Wildman–Crippen LogP) is 2.53. The van der Waals surface area contributed by atoms with Gasteiger partial charge < -0.3 is 10.6 Å². The van der Waals surface area contributed by atoms with Crippen LogP contribution in [0.2, 0.25) is 0 Å². The summed E-state index contributed by atoms with van der Waals surface area (Å²) in [6.45, 7) is 3.21. The highest BCUT2D eigenvalue weighted by Gasteiger charge is 2.12. The van der Waals surface area contributed by atoms with E-state index in [4.69, 9.17) is 0 Å². The summed E-state index contributed by atoms with van der Waals surface area (Å²) in [6.07, 6.45) is 3.78. The van der Waals surface area contributed by atoms with Gasteiger partial charge in [-0.3, -0.25) is 0 Å². The molecule has 1 aromatic carbocycles. The molecular formula is C14H19N3S. The van der Waals surface area contributed by atoms with Gasteiger partial charge in [0, 0.05) is 12.6 Å². The number of nitrogens with zero attached hydrogens (tertiary/aromatic N) is 1. The summed E-state index contributed by atoms with van der Waals surface area (Å²) in [5.74, 6) is 0. The molecule has 0 bridgehead atoms. The smallest absolute Gasteiger partial charge is 0.108 e. The van der Waals surface area contributed by atoms with Crippen LogP contribution in [0.5, 0.6) is 0 Å². The first-order valence-corrected chi connectivity index (χ1v) is 7.52. The first-order valence-electron chi connectivity index (χ1n) is 6.70. The van der Waals surface area contributed by atoms with Crippen molar-refractivity contribution < 1.29 is 0 Å². The largest absolute Gasteiger partial charge is 0.317 e. The minimum atomic E-state index is 0.645. The molecule has 1 atom stereocenters. The summed E-state index contributed by atoms with van der Waals surface area (Å²) in [7, 11) is 0. The van der Waals surface area contributed by atoms with E-state index in [2.05, 4.69) is 39.9 Å². The zero-order valence-corrected chi connectivity index (χ0v) is 11.3. The number of rotatable bonds is 3. The normalized spacial score (nSPS) is 21.0. The van der Waals surface area contributed by atoms with Gasteiger partial charge in [0.1, 0.15) is 5.01 Å². The Morgan fingerprint density at radius 3 is 3.17 bits per heavy atom. The summed E-state index contributed by atoms with van der Waals surface area (Å²) in [5, 5.41) is 8.29. The van der Waals surface area contributed by atoms with Crippen LogP contribution in [-0.2, 0) is 6.54 Å². The second kappa shape index (κ2) is 5.78. The summed E-state index contributed by atoms with van der Waals surface area (Å²) in [4.78, 5) is 4.66. The van der Waals surface area contributed by atoms with Gasteiger partial charge >= 0.3 is 0 Å². The van der Waals surface area contributed by atoms with Crippen molar-refractivity contribution in [2.75, 3.05) is 13.1 Å². The average Bonchev–Trinajstić information content (AvgIpc) is 2.63. The van der Waals surface area contributed by atoms with Crippen molar-refractivity contribution in [3.63, 3.8) is 0 Å². The zero-order valence-electron chi connectivity index (χ0n) is 10.5. The van der Waals surface area contributed by atoms with E-state index in [9.17, 15) is 0 Å². The Labute approximate surface area is 112 Å². The van der Waals surface area contributed by atoms with Crippen molar-refractivity contribution in [3.05, 3.63) is 29.3 Å². The quantitative estimate of drug-likeness (QED) is 0.891. The van der Waals surface area contributed by atoms with Crippen molar-refractivity contribution in [2.24, 2.45) is 0 Å². The van der Waals surface area contributed by atoms with E-state index in [0.29, 0.717) is 6.04 Å². The van der Waals surface area contributed by atoms with Crippen LogP contribution in [0.25, 0.3) is 10.2 Å². The van der Waals surface area contributed by atoms with Crippen LogP contribution in [0.15, 0.2) is 24.3 Å². The number of aromatic nitrogens is 1. The van der Waals surface area contributed by atoms with E-state index in [1.807, 2.05) is 0 Å². The third-order valence-corrected chi connectivity index (χ3v) is 4.49. The minimum Gasteiger partial charge on any atom is -0.317 e. The second-order valence-electron chi connectivity index (χ2n) is 4.83. The standard InChI is InChI=1S/C14H19N3S/c1-2-6-13-12(5-1)17-14(18-13)10-16-11-4-3-8-15-9-7-11/h1-2,5-6,11,15-16H,3-4,7-10H2. The molecule has 3 nitrogen and oxygen atoms in total. The third kappa shape index (κ3) is 2.88. The fourth-order valence-corrected chi connectivity index (χ4v) is 3.37.